The fourth-order valence-corrected chi connectivity index (χ4v) is 2.11. The third kappa shape index (κ3) is 1.70. The average molecular weight is 200 g/mol. The molecule has 15 heavy (non-hydrogen) atoms. The Bertz CT molecular complexity index is 444. The first-order valence-corrected chi connectivity index (χ1v) is 5.32. The summed E-state index contributed by atoms with van der Waals surface area (Å²) >= 11 is 0. The van der Waals surface area contributed by atoms with Crippen molar-refractivity contribution >= 4 is 11.6 Å². The number of hydrogen-bond donors (Lipinski definition) is 0. The predicted octanol–water partition coefficient (Wildman–Crippen LogP) is 4.14. The molecule has 0 saturated carbocycles. The maximum absolute atomic E-state index is 5.78. The van der Waals surface area contributed by atoms with E-state index in [2.05, 4.69) is 25.7 Å². The molecule has 1 heterocycles. The molecule has 0 N–H and O–H groups in total. The summed E-state index contributed by atoms with van der Waals surface area (Å²) in [7, 11) is 0. The molecule has 0 amide bonds. The van der Waals surface area contributed by atoms with Crippen LogP contribution in [0.3, 0.4) is 0 Å². The Morgan fingerprint density at radius 2 is 2.20 bits per heavy atom. The lowest BCUT2D eigenvalue weighted by atomic mass is 9.94. The second kappa shape index (κ2) is 3.93. The number of hydrogen-bond acceptors (Lipinski definition) is 1. The topological polar surface area (TPSA) is 13.1 Å². The van der Waals surface area contributed by atoms with Crippen LogP contribution in [0.2, 0.25) is 0 Å². The van der Waals surface area contributed by atoms with Crippen molar-refractivity contribution in [3.63, 3.8) is 0 Å². The fraction of sp³-hybridized carbons (Fsp3) is 0.286. The van der Waals surface area contributed by atoms with Gasteiger partial charge >= 0.3 is 0 Å². The Morgan fingerprint density at radius 1 is 1.40 bits per heavy atom. The number of allylic oxidation sites excluding steroid dienone is 4. The first-order chi connectivity index (χ1) is 7.24. The summed E-state index contributed by atoms with van der Waals surface area (Å²) in [5.74, 6) is 2.14. The molecule has 0 unspecified atom stereocenters. The van der Waals surface area contributed by atoms with Gasteiger partial charge in [-0.15, -0.1) is 0 Å². The SMILES string of the molecule is C=C/C=C\c1c(C)oc2c1C(C)=CCC2. The maximum atomic E-state index is 5.78. The van der Waals surface area contributed by atoms with Crippen LogP contribution < -0.4 is 0 Å². The van der Waals surface area contributed by atoms with Crippen molar-refractivity contribution < 1.29 is 4.42 Å². The molecule has 1 aliphatic rings. The monoisotopic (exact) mass is 200 g/mol. The summed E-state index contributed by atoms with van der Waals surface area (Å²) in [5, 5.41) is 0. The van der Waals surface area contributed by atoms with Crippen LogP contribution in [-0.2, 0) is 6.42 Å². The van der Waals surface area contributed by atoms with Crippen molar-refractivity contribution in [1.29, 1.82) is 0 Å². The third-order valence-electron chi connectivity index (χ3n) is 2.82. The van der Waals surface area contributed by atoms with Crippen LogP contribution in [0.4, 0.5) is 0 Å². The van der Waals surface area contributed by atoms with Gasteiger partial charge in [-0.1, -0.05) is 30.9 Å². The molecule has 0 atom stereocenters. The molecule has 1 nitrogen and oxygen atoms in total. The van der Waals surface area contributed by atoms with Gasteiger partial charge < -0.3 is 4.42 Å². The van der Waals surface area contributed by atoms with Crippen molar-refractivity contribution in [3.8, 4) is 0 Å². The Morgan fingerprint density at radius 3 is 2.93 bits per heavy atom. The van der Waals surface area contributed by atoms with Gasteiger partial charge in [-0.25, -0.2) is 0 Å². The predicted molar refractivity (Wildman–Crippen MR) is 64.6 cm³/mol. The molecular formula is C14H16O. The molecule has 78 valence electrons. The molecule has 0 bridgehead atoms. The fourth-order valence-electron chi connectivity index (χ4n) is 2.11. The molecule has 0 saturated heterocycles. The maximum Gasteiger partial charge on any atom is 0.112 e. The molecule has 0 radical (unpaired) electrons. The summed E-state index contributed by atoms with van der Waals surface area (Å²) < 4.78 is 5.78. The van der Waals surface area contributed by atoms with Crippen molar-refractivity contribution in [1.82, 2.24) is 0 Å². The molecule has 2 rings (SSSR count). The van der Waals surface area contributed by atoms with E-state index in [1.165, 1.54) is 16.7 Å². The Labute approximate surface area is 90.8 Å². The van der Waals surface area contributed by atoms with Crippen LogP contribution in [-0.4, -0.2) is 0 Å². The van der Waals surface area contributed by atoms with Crippen molar-refractivity contribution in [2.24, 2.45) is 0 Å². The number of furan rings is 1. The summed E-state index contributed by atoms with van der Waals surface area (Å²) in [6, 6.07) is 0. The molecular weight excluding hydrogens is 184 g/mol. The second-order valence-electron chi connectivity index (χ2n) is 3.89. The molecule has 1 aliphatic carbocycles. The highest BCUT2D eigenvalue weighted by molar-refractivity contribution is 5.77. The van der Waals surface area contributed by atoms with Crippen molar-refractivity contribution in [3.05, 3.63) is 47.5 Å². The van der Waals surface area contributed by atoms with Gasteiger partial charge in [0.1, 0.15) is 11.5 Å². The summed E-state index contributed by atoms with van der Waals surface area (Å²) in [5.41, 5.74) is 3.83. The minimum absolute atomic E-state index is 1.01. The minimum atomic E-state index is 1.01. The van der Waals surface area contributed by atoms with Crippen molar-refractivity contribution in [2.75, 3.05) is 0 Å². The smallest absolute Gasteiger partial charge is 0.112 e. The number of rotatable bonds is 2. The van der Waals surface area contributed by atoms with Crippen LogP contribution in [0.5, 0.6) is 0 Å². The van der Waals surface area contributed by atoms with E-state index in [1.807, 2.05) is 13.0 Å². The molecule has 1 aromatic rings. The van der Waals surface area contributed by atoms with E-state index >= 15 is 0 Å². The molecule has 1 aromatic heterocycles. The molecule has 0 aromatic carbocycles. The van der Waals surface area contributed by atoms with Gasteiger partial charge in [0.2, 0.25) is 0 Å². The van der Waals surface area contributed by atoms with Crippen LogP contribution in [0.15, 0.2) is 29.2 Å². The van der Waals surface area contributed by atoms with Gasteiger partial charge in [-0.2, -0.15) is 0 Å². The highest BCUT2D eigenvalue weighted by Gasteiger charge is 2.19. The standard InChI is InChI=1S/C14H16O/c1-4-5-8-12-11(3)15-13-9-6-7-10(2)14(12)13/h4-5,7-8H,1,6,9H2,2-3H3/b8-5-. The zero-order chi connectivity index (χ0) is 10.8. The lowest BCUT2D eigenvalue weighted by Crippen LogP contribution is -1.94. The van der Waals surface area contributed by atoms with E-state index in [4.69, 9.17) is 4.42 Å². The van der Waals surface area contributed by atoms with Crippen LogP contribution in [0.25, 0.3) is 11.6 Å². The van der Waals surface area contributed by atoms with Crippen LogP contribution in [0.1, 0.15) is 36.0 Å². The van der Waals surface area contributed by atoms with Gasteiger partial charge in [0.15, 0.2) is 0 Å². The normalized spacial score (nSPS) is 15.2. The zero-order valence-electron chi connectivity index (χ0n) is 9.34. The van der Waals surface area contributed by atoms with E-state index in [0.29, 0.717) is 0 Å². The lowest BCUT2D eigenvalue weighted by Gasteiger charge is -2.09. The van der Waals surface area contributed by atoms with Gasteiger partial charge in [-0.05, 0) is 25.8 Å². The van der Waals surface area contributed by atoms with Gasteiger partial charge in [0.25, 0.3) is 0 Å². The quantitative estimate of drug-likeness (QED) is 0.654. The van der Waals surface area contributed by atoms with Gasteiger partial charge in [-0.3, -0.25) is 0 Å². The van der Waals surface area contributed by atoms with E-state index in [-0.39, 0.29) is 0 Å². The Balaban J connectivity index is 2.56. The highest BCUT2D eigenvalue weighted by Crippen LogP contribution is 2.34. The summed E-state index contributed by atoms with van der Waals surface area (Å²) in [6.45, 7) is 7.86. The number of aryl methyl sites for hydroxylation is 2. The lowest BCUT2D eigenvalue weighted by molar-refractivity contribution is 0.481. The summed E-state index contributed by atoms with van der Waals surface area (Å²) in [4.78, 5) is 0. The first-order valence-electron chi connectivity index (χ1n) is 5.32. The van der Waals surface area contributed by atoms with Gasteiger partial charge in [0, 0.05) is 17.5 Å². The van der Waals surface area contributed by atoms with E-state index in [1.54, 1.807) is 6.08 Å². The van der Waals surface area contributed by atoms with Crippen LogP contribution >= 0.6 is 0 Å². The van der Waals surface area contributed by atoms with Crippen LogP contribution in [0, 0.1) is 6.92 Å². The molecule has 0 fully saturated rings. The minimum Gasteiger partial charge on any atom is -0.465 e. The Kier molecular flexibility index (Phi) is 2.63. The molecule has 0 aliphatic heterocycles. The first kappa shape index (κ1) is 10.0. The largest absolute Gasteiger partial charge is 0.465 e. The Hall–Kier alpha value is -1.50. The third-order valence-corrected chi connectivity index (χ3v) is 2.82. The highest BCUT2D eigenvalue weighted by atomic mass is 16.3. The van der Waals surface area contributed by atoms with Gasteiger partial charge in [0.05, 0.1) is 0 Å². The zero-order valence-corrected chi connectivity index (χ0v) is 9.34. The van der Waals surface area contributed by atoms with E-state index in [0.717, 1.165) is 24.4 Å². The average Bonchev–Trinajstić information content (AvgIpc) is 2.53. The molecule has 0 spiro atoms. The van der Waals surface area contributed by atoms with Crippen molar-refractivity contribution in [2.45, 2.75) is 26.7 Å². The summed E-state index contributed by atoms with van der Waals surface area (Å²) in [6.07, 6.45) is 10.2. The second-order valence-corrected chi connectivity index (χ2v) is 3.89. The van der Waals surface area contributed by atoms with E-state index in [9.17, 15) is 0 Å². The molecule has 1 heteroatoms. The van der Waals surface area contributed by atoms with E-state index < -0.39 is 0 Å². The number of fused-ring (bicyclic) bond motifs is 1.